The fourth-order valence-corrected chi connectivity index (χ4v) is 4.60. The van der Waals surface area contributed by atoms with Gasteiger partial charge in [-0.3, -0.25) is 14.5 Å². The summed E-state index contributed by atoms with van der Waals surface area (Å²) >= 11 is 0. The molecule has 0 bridgehead atoms. The third-order valence-corrected chi connectivity index (χ3v) is 6.29. The minimum absolute atomic E-state index is 0.0501. The molecule has 2 aromatic carbocycles. The molecule has 4 rings (SSSR count). The number of carbonyl (C=O) groups excluding carboxylic acids is 2. The second-order valence-corrected chi connectivity index (χ2v) is 8.25. The predicted octanol–water partition coefficient (Wildman–Crippen LogP) is 2.85. The predicted molar refractivity (Wildman–Crippen MR) is 127 cm³/mol. The summed E-state index contributed by atoms with van der Waals surface area (Å²) in [4.78, 5) is 30.2. The molecule has 2 heterocycles. The molecule has 0 aromatic heterocycles. The molecule has 0 saturated carbocycles. The van der Waals surface area contributed by atoms with Crippen LogP contribution in [0.15, 0.2) is 54.1 Å². The van der Waals surface area contributed by atoms with Crippen molar-refractivity contribution >= 4 is 17.4 Å². The Morgan fingerprint density at radius 1 is 1.00 bits per heavy atom. The summed E-state index contributed by atoms with van der Waals surface area (Å²) in [6, 6.07) is 13.3. The number of benzene rings is 2. The van der Waals surface area contributed by atoms with Crippen LogP contribution in [0.3, 0.4) is 0 Å². The first-order chi connectivity index (χ1) is 16.6. The Bertz CT molecular complexity index is 1060. The van der Waals surface area contributed by atoms with E-state index < -0.39 is 17.7 Å². The van der Waals surface area contributed by atoms with Gasteiger partial charge in [0.05, 0.1) is 39.0 Å². The number of Topliss-reactive ketones (excluding diaryl/α,β-unsaturated/α-hetero) is 1. The lowest BCUT2D eigenvalue weighted by Gasteiger charge is -2.29. The van der Waals surface area contributed by atoms with Crippen molar-refractivity contribution in [2.45, 2.75) is 12.5 Å². The van der Waals surface area contributed by atoms with Crippen molar-refractivity contribution in [2.75, 3.05) is 53.6 Å². The number of rotatable bonds is 8. The third-order valence-electron chi connectivity index (χ3n) is 6.29. The van der Waals surface area contributed by atoms with Gasteiger partial charge in [-0.15, -0.1) is 0 Å². The van der Waals surface area contributed by atoms with Crippen molar-refractivity contribution in [1.29, 1.82) is 0 Å². The number of likely N-dealkylation sites (tertiary alicyclic amines) is 1. The highest BCUT2D eigenvalue weighted by Crippen LogP contribution is 2.45. The molecule has 180 valence electrons. The largest absolute Gasteiger partial charge is 0.507 e. The van der Waals surface area contributed by atoms with Gasteiger partial charge in [0.1, 0.15) is 5.76 Å². The maximum Gasteiger partial charge on any atom is 0.295 e. The van der Waals surface area contributed by atoms with Crippen LogP contribution in [0.5, 0.6) is 11.5 Å². The molecule has 1 N–H and O–H groups in total. The molecular formula is C26H30N2O6. The Morgan fingerprint density at radius 2 is 1.74 bits per heavy atom. The highest BCUT2D eigenvalue weighted by molar-refractivity contribution is 6.46. The van der Waals surface area contributed by atoms with E-state index in [2.05, 4.69) is 4.90 Å². The van der Waals surface area contributed by atoms with E-state index in [9.17, 15) is 14.7 Å². The van der Waals surface area contributed by atoms with Crippen LogP contribution in [0.4, 0.5) is 0 Å². The number of hydrogen-bond donors (Lipinski definition) is 1. The second kappa shape index (κ2) is 10.7. The number of ketones is 1. The molecule has 2 aliphatic heterocycles. The highest BCUT2D eigenvalue weighted by Gasteiger charge is 2.47. The zero-order valence-corrected chi connectivity index (χ0v) is 19.5. The molecule has 0 radical (unpaired) electrons. The van der Waals surface area contributed by atoms with Gasteiger partial charge < -0.3 is 24.2 Å². The molecule has 8 heteroatoms. The molecule has 1 atom stereocenters. The van der Waals surface area contributed by atoms with Crippen LogP contribution >= 0.6 is 0 Å². The van der Waals surface area contributed by atoms with Crippen molar-refractivity contribution in [1.82, 2.24) is 9.80 Å². The number of para-hydroxylation sites is 1. The zero-order chi connectivity index (χ0) is 24.1. The van der Waals surface area contributed by atoms with Crippen molar-refractivity contribution in [3.63, 3.8) is 0 Å². The Morgan fingerprint density at radius 3 is 2.41 bits per heavy atom. The SMILES string of the molecule is COc1cccc(C2C(=C(O)c3ccccc3)C(=O)C(=O)N2CCCN2CCOCC2)c1OC. The van der Waals surface area contributed by atoms with E-state index in [0.717, 1.165) is 19.6 Å². The summed E-state index contributed by atoms with van der Waals surface area (Å²) in [6.07, 6.45) is 0.682. The van der Waals surface area contributed by atoms with Crippen LogP contribution in [0.2, 0.25) is 0 Å². The molecule has 2 fully saturated rings. The Labute approximate surface area is 199 Å². The zero-order valence-electron chi connectivity index (χ0n) is 19.5. The van der Waals surface area contributed by atoms with E-state index in [1.807, 2.05) is 6.07 Å². The van der Waals surface area contributed by atoms with E-state index >= 15 is 0 Å². The molecule has 0 aliphatic carbocycles. The summed E-state index contributed by atoms with van der Waals surface area (Å²) < 4.78 is 16.5. The molecule has 0 spiro atoms. The lowest BCUT2D eigenvalue weighted by Crippen LogP contribution is -2.39. The van der Waals surface area contributed by atoms with E-state index in [1.54, 1.807) is 42.5 Å². The molecular weight excluding hydrogens is 436 g/mol. The van der Waals surface area contributed by atoms with E-state index in [4.69, 9.17) is 14.2 Å². The molecule has 2 aliphatic rings. The number of morpholine rings is 1. The summed E-state index contributed by atoms with van der Waals surface area (Å²) in [5, 5.41) is 11.2. The molecule has 34 heavy (non-hydrogen) atoms. The first-order valence-electron chi connectivity index (χ1n) is 11.4. The van der Waals surface area contributed by atoms with Crippen LogP contribution in [0.1, 0.15) is 23.6 Å². The smallest absolute Gasteiger partial charge is 0.295 e. The molecule has 8 nitrogen and oxygen atoms in total. The van der Waals surface area contributed by atoms with Gasteiger partial charge >= 0.3 is 0 Å². The summed E-state index contributed by atoms with van der Waals surface area (Å²) in [6.45, 7) is 4.23. The van der Waals surface area contributed by atoms with Crippen LogP contribution < -0.4 is 9.47 Å². The Hall–Kier alpha value is -3.36. The third kappa shape index (κ3) is 4.64. The van der Waals surface area contributed by atoms with E-state index in [-0.39, 0.29) is 11.3 Å². The van der Waals surface area contributed by atoms with Crippen LogP contribution in [-0.4, -0.2) is 80.2 Å². The molecule has 2 aromatic rings. The fraction of sp³-hybridized carbons (Fsp3) is 0.385. The van der Waals surface area contributed by atoms with E-state index in [1.165, 1.54) is 19.1 Å². The average Bonchev–Trinajstić information content (AvgIpc) is 3.13. The normalized spacial score (nSPS) is 20.5. The van der Waals surface area contributed by atoms with Gasteiger partial charge in [0, 0.05) is 37.3 Å². The fourth-order valence-electron chi connectivity index (χ4n) is 4.60. The number of aliphatic hydroxyl groups is 1. The minimum Gasteiger partial charge on any atom is -0.507 e. The van der Waals surface area contributed by atoms with Gasteiger partial charge in [-0.05, 0) is 12.5 Å². The van der Waals surface area contributed by atoms with Crippen molar-refractivity contribution in [3.05, 3.63) is 65.2 Å². The number of hydrogen-bond acceptors (Lipinski definition) is 7. The van der Waals surface area contributed by atoms with Crippen LogP contribution in [-0.2, 0) is 14.3 Å². The van der Waals surface area contributed by atoms with Gasteiger partial charge in [0.25, 0.3) is 11.7 Å². The number of amides is 1. The molecule has 1 amide bonds. The first kappa shape index (κ1) is 23.8. The van der Waals surface area contributed by atoms with Crippen molar-refractivity contribution in [2.24, 2.45) is 0 Å². The van der Waals surface area contributed by atoms with Gasteiger partial charge in [-0.2, -0.15) is 0 Å². The Kier molecular flexibility index (Phi) is 7.49. The number of ether oxygens (including phenoxy) is 3. The maximum absolute atomic E-state index is 13.2. The lowest BCUT2D eigenvalue weighted by molar-refractivity contribution is -0.140. The topological polar surface area (TPSA) is 88.5 Å². The standard InChI is InChI=1S/C26H30N2O6/c1-32-20-11-6-10-19(25(20)33-2)22-21(23(29)18-8-4-3-5-9-18)24(30)26(31)28(22)13-7-12-27-14-16-34-17-15-27/h3-6,8-11,22,29H,7,12-17H2,1-2H3. The summed E-state index contributed by atoms with van der Waals surface area (Å²) in [5.41, 5.74) is 1.11. The molecule has 1 unspecified atom stereocenters. The quantitative estimate of drug-likeness (QED) is 0.364. The first-order valence-corrected chi connectivity index (χ1v) is 11.4. The summed E-state index contributed by atoms with van der Waals surface area (Å²) in [7, 11) is 3.05. The number of carbonyl (C=O) groups is 2. The second-order valence-electron chi connectivity index (χ2n) is 8.25. The van der Waals surface area contributed by atoms with Crippen LogP contribution in [0, 0.1) is 0 Å². The number of methoxy groups -OCH3 is 2. The van der Waals surface area contributed by atoms with Crippen molar-refractivity contribution in [3.8, 4) is 11.5 Å². The maximum atomic E-state index is 13.2. The van der Waals surface area contributed by atoms with E-state index in [0.29, 0.717) is 48.8 Å². The van der Waals surface area contributed by atoms with Crippen molar-refractivity contribution < 1.29 is 28.9 Å². The Balaban J connectivity index is 1.74. The average molecular weight is 467 g/mol. The monoisotopic (exact) mass is 466 g/mol. The number of nitrogens with zero attached hydrogens (tertiary/aromatic N) is 2. The van der Waals surface area contributed by atoms with Gasteiger partial charge in [-0.25, -0.2) is 0 Å². The van der Waals surface area contributed by atoms with Crippen LogP contribution in [0.25, 0.3) is 5.76 Å². The highest BCUT2D eigenvalue weighted by atomic mass is 16.5. The van der Waals surface area contributed by atoms with Gasteiger partial charge in [0.15, 0.2) is 11.5 Å². The van der Waals surface area contributed by atoms with Gasteiger partial charge in [-0.1, -0.05) is 42.5 Å². The number of aliphatic hydroxyl groups excluding tert-OH is 1. The molecule has 2 saturated heterocycles. The minimum atomic E-state index is -0.796. The summed E-state index contributed by atoms with van der Waals surface area (Å²) in [5.74, 6) is -0.630. The lowest BCUT2D eigenvalue weighted by atomic mass is 9.94. The van der Waals surface area contributed by atoms with Gasteiger partial charge in [0.2, 0.25) is 0 Å².